The molecular formula is C26H25N5O2. The molecule has 0 spiro atoms. The van der Waals surface area contributed by atoms with Crippen LogP contribution in [0.15, 0.2) is 72.8 Å². The van der Waals surface area contributed by atoms with Crippen molar-refractivity contribution in [3.8, 4) is 17.1 Å². The molecule has 1 fully saturated rings. The molecule has 0 saturated carbocycles. The Balaban J connectivity index is 1.34. The maximum Gasteiger partial charge on any atom is 0.260 e. The van der Waals surface area contributed by atoms with Gasteiger partial charge in [0.15, 0.2) is 18.1 Å². The summed E-state index contributed by atoms with van der Waals surface area (Å²) in [4.78, 5) is 28.6. The van der Waals surface area contributed by atoms with E-state index in [1.54, 1.807) is 0 Å². The first-order chi connectivity index (χ1) is 16.2. The number of carbonyl (C=O) groups excluding carboxylic acids is 1. The number of aromatic nitrogens is 3. The maximum atomic E-state index is 12.8. The molecule has 166 valence electrons. The topological polar surface area (TPSA) is 94.2 Å². The number of ether oxygens (including phenoxy) is 1. The van der Waals surface area contributed by atoms with Gasteiger partial charge in [-0.2, -0.15) is 0 Å². The number of nitrogens with two attached hydrogens (primary N) is 1. The number of para-hydroxylation sites is 1. The van der Waals surface area contributed by atoms with E-state index in [-0.39, 0.29) is 18.4 Å². The summed E-state index contributed by atoms with van der Waals surface area (Å²) in [5.74, 6) is 1.80. The van der Waals surface area contributed by atoms with Crippen LogP contribution in [-0.2, 0) is 4.79 Å². The molecule has 1 aliphatic heterocycles. The van der Waals surface area contributed by atoms with Crippen LogP contribution in [-0.4, -0.2) is 45.5 Å². The SMILES string of the molecule is Nc1nc(-c2ccccc2)nc2nc(C3CCCN(C(=O)COc4ccccc4)C3)ccc12. The first-order valence-electron chi connectivity index (χ1n) is 11.1. The fraction of sp³-hybridized carbons (Fsp3) is 0.231. The van der Waals surface area contributed by atoms with E-state index in [4.69, 9.17) is 15.5 Å². The highest BCUT2D eigenvalue weighted by Gasteiger charge is 2.26. The summed E-state index contributed by atoms with van der Waals surface area (Å²) in [7, 11) is 0. The summed E-state index contributed by atoms with van der Waals surface area (Å²) in [5, 5.41) is 0.735. The van der Waals surface area contributed by atoms with Gasteiger partial charge < -0.3 is 15.4 Å². The highest BCUT2D eigenvalue weighted by molar-refractivity contribution is 5.87. The van der Waals surface area contributed by atoms with Gasteiger partial charge in [0, 0.05) is 30.3 Å². The first-order valence-corrected chi connectivity index (χ1v) is 11.1. The third-order valence-electron chi connectivity index (χ3n) is 5.94. The quantitative estimate of drug-likeness (QED) is 0.504. The predicted octanol–water partition coefficient (Wildman–Crippen LogP) is 4.06. The summed E-state index contributed by atoms with van der Waals surface area (Å²) in [5.41, 5.74) is 8.60. The number of fused-ring (bicyclic) bond motifs is 1. The van der Waals surface area contributed by atoms with Gasteiger partial charge in [-0.1, -0.05) is 48.5 Å². The van der Waals surface area contributed by atoms with Crippen LogP contribution in [0.4, 0.5) is 5.82 Å². The predicted molar refractivity (Wildman–Crippen MR) is 128 cm³/mol. The summed E-state index contributed by atoms with van der Waals surface area (Å²) in [6.07, 6.45) is 1.89. The first kappa shape index (κ1) is 20.9. The standard InChI is InChI=1S/C26H25N5O2/c27-24-21-13-14-22(28-26(21)30-25(29-24)18-8-3-1-4-9-18)19-10-7-15-31(16-19)23(32)17-33-20-11-5-2-6-12-20/h1-6,8-9,11-14,19H,7,10,15-17H2,(H2,27,28,29,30). The van der Waals surface area contributed by atoms with Crippen molar-refractivity contribution in [2.45, 2.75) is 18.8 Å². The lowest BCUT2D eigenvalue weighted by atomic mass is 9.94. The normalized spacial score (nSPS) is 16.0. The van der Waals surface area contributed by atoms with Gasteiger partial charge in [0.1, 0.15) is 11.6 Å². The van der Waals surface area contributed by atoms with Crippen molar-refractivity contribution in [1.82, 2.24) is 19.9 Å². The van der Waals surface area contributed by atoms with Gasteiger partial charge in [-0.3, -0.25) is 4.79 Å². The van der Waals surface area contributed by atoms with E-state index in [1.807, 2.05) is 77.7 Å². The number of carbonyl (C=O) groups is 1. The van der Waals surface area contributed by atoms with Crippen LogP contribution in [0.5, 0.6) is 5.75 Å². The number of likely N-dealkylation sites (tertiary alicyclic amines) is 1. The van der Waals surface area contributed by atoms with Crippen molar-refractivity contribution in [3.63, 3.8) is 0 Å². The van der Waals surface area contributed by atoms with Crippen molar-refractivity contribution in [2.24, 2.45) is 0 Å². The van der Waals surface area contributed by atoms with E-state index < -0.39 is 0 Å². The number of amides is 1. The Labute approximate surface area is 192 Å². The lowest BCUT2D eigenvalue weighted by Crippen LogP contribution is -2.41. The number of hydrogen-bond donors (Lipinski definition) is 1. The highest BCUT2D eigenvalue weighted by atomic mass is 16.5. The number of nitrogens with zero attached hydrogens (tertiary/aromatic N) is 4. The third kappa shape index (κ3) is 4.62. The summed E-state index contributed by atoms with van der Waals surface area (Å²) >= 11 is 0. The molecule has 1 amide bonds. The van der Waals surface area contributed by atoms with Gasteiger partial charge in [-0.25, -0.2) is 15.0 Å². The van der Waals surface area contributed by atoms with Gasteiger partial charge in [-0.05, 0) is 37.1 Å². The van der Waals surface area contributed by atoms with Crippen LogP contribution in [0.1, 0.15) is 24.5 Å². The molecule has 1 unspecified atom stereocenters. The van der Waals surface area contributed by atoms with Gasteiger partial charge >= 0.3 is 0 Å². The van der Waals surface area contributed by atoms with Crippen molar-refractivity contribution in [3.05, 3.63) is 78.5 Å². The van der Waals surface area contributed by atoms with Crippen molar-refractivity contribution < 1.29 is 9.53 Å². The Bertz CT molecular complexity index is 1260. The molecular weight excluding hydrogens is 414 g/mol. The molecule has 7 nitrogen and oxygen atoms in total. The van der Waals surface area contributed by atoms with E-state index in [0.29, 0.717) is 29.6 Å². The molecule has 3 heterocycles. The molecule has 33 heavy (non-hydrogen) atoms. The Hall–Kier alpha value is -4.00. The fourth-order valence-corrected chi connectivity index (χ4v) is 4.19. The lowest BCUT2D eigenvalue weighted by molar-refractivity contribution is -0.134. The molecule has 2 N–H and O–H groups in total. The molecule has 1 aliphatic rings. The van der Waals surface area contributed by atoms with Crippen LogP contribution in [0, 0.1) is 0 Å². The number of rotatable bonds is 5. The minimum absolute atomic E-state index is 0.0118. The molecule has 0 radical (unpaired) electrons. The van der Waals surface area contributed by atoms with Crippen LogP contribution in [0.25, 0.3) is 22.4 Å². The Morgan fingerprint density at radius 1 is 0.970 bits per heavy atom. The Kier molecular flexibility index (Phi) is 5.85. The molecule has 1 saturated heterocycles. The van der Waals surface area contributed by atoms with Crippen LogP contribution >= 0.6 is 0 Å². The summed E-state index contributed by atoms with van der Waals surface area (Å²) in [6, 6.07) is 23.0. The van der Waals surface area contributed by atoms with Crippen LogP contribution in [0.3, 0.4) is 0 Å². The van der Waals surface area contributed by atoms with E-state index >= 15 is 0 Å². The Morgan fingerprint density at radius 3 is 2.52 bits per heavy atom. The van der Waals surface area contributed by atoms with Crippen molar-refractivity contribution in [2.75, 3.05) is 25.4 Å². The van der Waals surface area contributed by atoms with Crippen LogP contribution < -0.4 is 10.5 Å². The zero-order valence-electron chi connectivity index (χ0n) is 18.2. The second kappa shape index (κ2) is 9.24. The number of anilines is 1. The third-order valence-corrected chi connectivity index (χ3v) is 5.94. The second-order valence-electron chi connectivity index (χ2n) is 8.19. The molecule has 2 aromatic carbocycles. The largest absolute Gasteiger partial charge is 0.484 e. The maximum absolute atomic E-state index is 12.8. The summed E-state index contributed by atoms with van der Waals surface area (Å²) in [6.45, 7) is 1.38. The van der Waals surface area contributed by atoms with E-state index in [2.05, 4.69) is 9.97 Å². The number of nitrogen functional groups attached to an aromatic ring is 1. The average Bonchev–Trinajstić information content (AvgIpc) is 2.88. The smallest absolute Gasteiger partial charge is 0.260 e. The highest BCUT2D eigenvalue weighted by Crippen LogP contribution is 2.29. The number of benzene rings is 2. The van der Waals surface area contributed by atoms with Crippen LogP contribution in [0.2, 0.25) is 0 Å². The number of pyridine rings is 1. The van der Waals surface area contributed by atoms with Gasteiger partial charge in [-0.15, -0.1) is 0 Å². The molecule has 5 rings (SSSR count). The van der Waals surface area contributed by atoms with Crippen molar-refractivity contribution in [1.29, 1.82) is 0 Å². The zero-order chi connectivity index (χ0) is 22.6. The molecule has 0 aliphatic carbocycles. The molecule has 0 bridgehead atoms. The molecule has 7 heteroatoms. The molecule has 2 aromatic heterocycles. The average molecular weight is 440 g/mol. The van der Waals surface area contributed by atoms with Gasteiger partial charge in [0.2, 0.25) is 0 Å². The van der Waals surface area contributed by atoms with Crippen molar-refractivity contribution >= 4 is 22.8 Å². The summed E-state index contributed by atoms with van der Waals surface area (Å²) < 4.78 is 5.65. The number of piperidine rings is 1. The van der Waals surface area contributed by atoms with Gasteiger partial charge in [0.25, 0.3) is 5.91 Å². The van der Waals surface area contributed by atoms with E-state index in [0.717, 1.165) is 36.0 Å². The second-order valence-corrected chi connectivity index (χ2v) is 8.19. The zero-order valence-corrected chi connectivity index (χ0v) is 18.2. The fourth-order valence-electron chi connectivity index (χ4n) is 4.19. The van der Waals surface area contributed by atoms with Gasteiger partial charge in [0.05, 0.1) is 5.39 Å². The monoisotopic (exact) mass is 439 g/mol. The minimum Gasteiger partial charge on any atom is -0.484 e. The lowest BCUT2D eigenvalue weighted by Gasteiger charge is -2.32. The van der Waals surface area contributed by atoms with E-state index in [1.165, 1.54) is 0 Å². The molecule has 1 atom stereocenters. The molecule has 4 aromatic rings. The minimum atomic E-state index is -0.0118. The Morgan fingerprint density at radius 2 is 1.73 bits per heavy atom. The number of hydrogen-bond acceptors (Lipinski definition) is 6. The van der Waals surface area contributed by atoms with E-state index in [9.17, 15) is 4.79 Å².